The van der Waals surface area contributed by atoms with Crippen LogP contribution < -0.4 is 5.32 Å². The first kappa shape index (κ1) is 23.5. The number of hydrogen-bond acceptors (Lipinski definition) is 3. The zero-order valence-electron chi connectivity index (χ0n) is 19.8. The van der Waals surface area contributed by atoms with Crippen LogP contribution in [0.25, 0.3) is 16.9 Å². The lowest BCUT2D eigenvalue weighted by molar-refractivity contribution is -0.134. The minimum atomic E-state index is -0.347. The van der Waals surface area contributed by atoms with Gasteiger partial charge in [-0.05, 0) is 48.6 Å². The molecule has 0 bridgehead atoms. The van der Waals surface area contributed by atoms with Gasteiger partial charge in [0.1, 0.15) is 5.82 Å². The summed E-state index contributed by atoms with van der Waals surface area (Å²) in [6, 6.07) is 25.2. The Balaban J connectivity index is 1.36. The molecule has 3 aromatic carbocycles. The molecule has 1 heterocycles. The van der Waals surface area contributed by atoms with E-state index in [9.17, 15) is 14.0 Å². The molecular formula is C29H27FN4O2. The van der Waals surface area contributed by atoms with Crippen molar-refractivity contribution in [1.82, 2.24) is 14.5 Å². The Bertz CT molecular complexity index is 1330. The molecule has 5 rings (SSSR count). The van der Waals surface area contributed by atoms with Gasteiger partial charge in [-0.1, -0.05) is 60.7 Å². The minimum Gasteiger partial charge on any atom is -0.333 e. The number of halogens is 1. The molecular weight excluding hydrogens is 455 g/mol. The lowest BCUT2D eigenvalue weighted by atomic mass is 10.1. The number of amides is 2. The van der Waals surface area contributed by atoms with Crippen LogP contribution >= 0.6 is 0 Å². The summed E-state index contributed by atoms with van der Waals surface area (Å²) in [6.45, 7) is 0.514. The third kappa shape index (κ3) is 5.86. The minimum absolute atomic E-state index is 0.0564. The topological polar surface area (TPSA) is 67.2 Å². The summed E-state index contributed by atoms with van der Waals surface area (Å²) < 4.78 is 15.3. The molecule has 6 nitrogen and oxygen atoms in total. The second kappa shape index (κ2) is 10.6. The van der Waals surface area contributed by atoms with E-state index in [4.69, 9.17) is 0 Å². The fraction of sp³-hybridized carbons (Fsp3) is 0.207. The van der Waals surface area contributed by atoms with E-state index < -0.39 is 0 Å². The van der Waals surface area contributed by atoms with Gasteiger partial charge >= 0.3 is 0 Å². The fourth-order valence-corrected chi connectivity index (χ4v) is 4.10. The molecule has 0 spiro atoms. The van der Waals surface area contributed by atoms with Gasteiger partial charge in [-0.25, -0.2) is 9.37 Å². The summed E-state index contributed by atoms with van der Waals surface area (Å²) in [4.78, 5) is 32.5. The Hall–Kier alpha value is -4.26. The third-order valence-corrected chi connectivity index (χ3v) is 6.19. The third-order valence-electron chi connectivity index (χ3n) is 6.19. The van der Waals surface area contributed by atoms with E-state index in [0.29, 0.717) is 29.8 Å². The first-order valence-electron chi connectivity index (χ1n) is 12.1. The van der Waals surface area contributed by atoms with E-state index in [1.54, 1.807) is 27.8 Å². The standard InChI is InChI=1S/C29H27FN4O2/c30-24-13-15-25(16-14-24)34-19-26(23-9-5-2-6-10-23)31-29(34)32-27(35)20-33(18-22-11-12-22)28(36)17-21-7-3-1-4-8-21/h1-10,13-16,19,22H,11-12,17-18,20H2,(H,31,32,35). The number of benzene rings is 3. The smallest absolute Gasteiger partial charge is 0.246 e. The van der Waals surface area contributed by atoms with Gasteiger partial charge in [0, 0.05) is 24.0 Å². The fourth-order valence-electron chi connectivity index (χ4n) is 4.10. The molecule has 0 saturated heterocycles. The van der Waals surface area contributed by atoms with Crippen molar-refractivity contribution in [2.24, 2.45) is 5.92 Å². The summed E-state index contributed by atoms with van der Waals surface area (Å²) in [5.41, 5.74) is 3.15. The molecule has 1 aliphatic carbocycles. The maximum Gasteiger partial charge on any atom is 0.246 e. The van der Waals surface area contributed by atoms with Gasteiger partial charge < -0.3 is 4.90 Å². The van der Waals surface area contributed by atoms with Crippen molar-refractivity contribution < 1.29 is 14.0 Å². The van der Waals surface area contributed by atoms with Crippen LogP contribution in [0.5, 0.6) is 0 Å². The van der Waals surface area contributed by atoms with Crippen LogP contribution in [0, 0.1) is 11.7 Å². The SMILES string of the molecule is O=C(CN(CC1CC1)C(=O)Cc1ccccc1)Nc1nc(-c2ccccc2)cn1-c1ccc(F)cc1. The predicted octanol–water partition coefficient (Wildman–Crippen LogP) is 5.10. The lowest BCUT2D eigenvalue weighted by Crippen LogP contribution is -2.40. The van der Waals surface area contributed by atoms with Gasteiger partial charge in [-0.3, -0.25) is 19.5 Å². The normalized spacial score (nSPS) is 12.8. The Kier molecular flexibility index (Phi) is 6.89. The van der Waals surface area contributed by atoms with Crippen LogP contribution in [0.3, 0.4) is 0 Å². The highest BCUT2D eigenvalue weighted by atomic mass is 19.1. The predicted molar refractivity (Wildman–Crippen MR) is 137 cm³/mol. The largest absolute Gasteiger partial charge is 0.333 e. The number of nitrogens with zero attached hydrogens (tertiary/aromatic N) is 3. The van der Waals surface area contributed by atoms with Gasteiger partial charge in [0.05, 0.1) is 18.7 Å². The lowest BCUT2D eigenvalue weighted by Gasteiger charge is -2.22. The second-order valence-electron chi connectivity index (χ2n) is 9.09. The average molecular weight is 483 g/mol. The van der Waals surface area contributed by atoms with Gasteiger partial charge in [-0.2, -0.15) is 0 Å². The highest BCUT2D eigenvalue weighted by Gasteiger charge is 2.28. The number of aromatic nitrogens is 2. The number of hydrogen-bond donors (Lipinski definition) is 1. The van der Waals surface area contributed by atoms with E-state index in [1.807, 2.05) is 60.7 Å². The molecule has 36 heavy (non-hydrogen) atoms. The van der Waals surface area contributed by atoms with Crippen LogP contribution in [0.1, 0.15) is 18.4 Å². The Morgan fingerprint density at radius 2 is 1.61 bits per heavy atom. The van der Waals surface area contributed by atoms with Crippen molar-refractivity contribution in [2.45, 2.75) is 19.3 Å². The second-order valence-corrected chi connectivity index (χ2v) is 9.09. The van der Waals surface area contributed by atoms with Crippen LogP contribution in [-0.2, 0) is 16.0 Å². The monoisotopic (exact) mass is 482 g/mol. The van der Waals surface area contributed by atoms with Crippen LogP contribution in [0.4, 0.5) is 10.3 Å². The molecule has 1 aliphatic rings. The van der Waals surface area contributed by atoms with Crippen molar-refractivity contribution in [3.8, 4) is 16.9 Å². The van der Waals surface area contributed by atoms with E-state index >= 15 is 0 Å². The molecule has 1 aromatic heterocycles. The molecule has 0 radical (unpaired) electrons. The molecule has 4 aromatic rings. The van der Waals surface area contributed by atoms with Crippen molar-refractivity contribution in [1.29, 1.82) is 0 Å². The zero-order chi connectivity index (χ0) is 24.9. The number of carbonyl (C=O) groups excluding carboxylic acids is 2. The first-order valence-corrected chi connectivity index (χ1v) is 12.1. The molecule has 1 N–H and O–H groups in total. The molecule has 0 aliphatic heterocycles. The van der Waals surface area contributed by atoms with Crippen molar-refractivity contribution in [2.75, 3.05) is 18.4 Å². The maximum absolute atomic E-state index is 13.5. The van der Waals surface area contributed by atoms with Gasteiger partial charge in [0.25, 0.3) is 0 Å². The molecule has 1 saturated carbocycles. The number of carbonyl (C=O) groups is 2. The van der Waals surface area contributed by atoms with Crippen LogP contribution in [0.15, 0.2) is 91.1 Å². The quantitative estimate of drug-likeness (QED) is 0.361. The zero-order valence-corrected chi connectivity index (χ0v) is 19.8. The molecule has 1 fully saturated rings. The van der Waals surface area contributed by atoms with E-state index in [-0.39, 0.29) is 30.6 Å². The highest BCUT2D eigenvalue weighted by Crippen LogP contribution is 2.30. The Morgan fingerprint density at radius 1 is 0.944 bits per heavy atom. The molecule has 2 amide bonds. The molecule has 0 atom stereocenters. The van der Waals surface area contributed by atoms with Crippen molar-refractivity contribution in [3.05, 3.63) is 103 Å². The number of anilines is 1. The average Bonchev–Trinajstić information content (AvgIpc) is 3.62. The summed E-state index contributed by atoms with van der Waals surface area (Å²) in [5.74, 6) is 0.0110. The van der Waals surface area contributed by atoms with Gasteiger partial charge in [-0.15, -0.1) is 0 Å². The first-order chi connectivity index (χ1) is 17.5. The van der Waals surface area contributed by atoms with Crippen molar-refractivity contribution >= 4 is 17.8 Å². The Labute approximate surface area is 209 Å². The molecule has 7 heteroatoms. The summed E-state index contributed by atoms with van der Waals surface area (Å²) in [7, 11) is 0. The maximum atomic E-state index is 13.5. The summed E-state index contributed by atoms with van der Waals surface area (Å²) >= 11 is 0. The number of rotatable bonds is 9. The molecule has 182 valence electrons. The van der Waals surface area contributed by atoms with E-state index in [2.05, 4.69) is 10.3 Å². The van der Waals surface area contributed by atoms with Crippen LogP contribution in [0.2, 0.25) is 0 Å². The van der Waals surface area contributed by atoms with Gasteiger partial charge in [0.2, 0.25) is 17.8 Å². The van der Waals surface area contributed by atoms with E-state index in [1.165, 1.54) is 12.1 Å². The van der Waals surface area contributed by atoms with Crippen molar-refractivity contribution in [3.63, 3.8) is 0 Å². The number of imidazole rings is 1. The van der Waals surface area contributed by atoms with Crippen LogP contribution in [-0.4, -0.2) is 39.4 Å². The summed E-state index contributed by atoms with van der Waals surface area (Å²) in [6.07, 6.45) is 4.21. The van der Waals surface area contributed by atoms with Gasteiger partial charge in [0.15, 0.2) is 0 Å². The molecule has 0 unspecified atom stereocenters. The number of nitrogens with one attached hydrogen (secondary N) is 1. The van der Waals surface area contributed by atoms with E-state index in [0.717, 1.165) is 24.0 Å². The summed E-state index contributed by atoms with van der Waals surface area (Å²) in [5, 5.41) is 2.88. The highest BCUT2D eigenvalue weighted by molar-refractivity contribution is 5.94. The Morgan fingerprint density at radius 3 is 2.28 bits per heavy atom.